The molecule has 1 N–H and O–H groups in total. The molecule has 4 nitrogen and oxygen atoms in total. The van der Waals surface area contributed by atoms with E-state index >= 15 is 0 Å². The van der Waals surface area contributed by atoms with E-state index in [-0.39, 0.29) is 24.2 Å². The number of hydrogen-bond donors (Lipinski definition) is 1. The van der Waals surface area contributed by atoms with Gasteiger partial charge < -0.3 is 5.32 Å². The number of nitrogens with zero attached hydrogens (tertiary/aromatic N) is 2. The van der Waals surface area contributed by atoms with Gasteiger partial charge in [0.2, 0.25) is 5.91 Å². The van der Waals surface area contributed by atoms with Gasteiger partial charge in [-0.05, 0) is 43.4 Å². The van der Waals surface area contributed by atoms with Crippen LogP contribution in [0.1, 0.15) is 58.4 Å². The molecule has 0 aromatic heterocycles. The van der Waals surface area contributed by atoms with Gasteiger partial charge in [-0.15, -0.1) is 0 Å². The number of amides is 1. The van der Waals surface area contributed by atoms with E-state index in [1.165, 1.54) is 31.4 Å². The molecule has 0 unspecified atom stereocenters. The highest BCUT2D eigenvalue weighted by molar-refractivity contribution is 5.79. The smallest absolute Gasteiger partial charge is 0.235 e. The Morgan fingerprint density at radius 2 is 1.92 bits per heavy atom. The Kier molecular flexibility index (Phi) is 7.16. The summed E-state index contributed by atoms with van der Waals surface area (Å²) >= 11 is 0. The number of nitriles is 1. The first-order valence-electron chi connectivity index (χ1n) is 9.55. The van der Waals surface area contributed by atoms with Crippen molar-refractivity contribution < 1.29 is 9.18 Å². The van der Waals surface area contributed by atoms with E-state index in [4.69, 9.17) is 0 Å². The van der Waals surface area contributed by atoms with Crippen LogP contribution in [-0.4, -0.2) is 28.9 Å². The molecule has 0 aliphatic heterocycles. The molecule has 2 rings (SSSR count). The van der Waals surface area contributed by atoms with Crippen molar-refractivity contribution in [2.45, 2.75) is 71.0 Å². The molecule has 1 atom stereocenters. The van der Waals surface area contributed by atoms with Crippen LogP contribution in [0.15, 0.2) is 24.3 Å². The molecule has 1 amide bonds. The number of hydrogen-bond acceptors (Lipinski definition) is 3. The maximum Gasteiger partial charge on any atom is 0.235 e. The summed E-state index contributed by atoms with van der Waals surface area (Å²) in [5.41, 5.74) is 0.127. The fourth-order valence-electron chi connectivity index (χ4n) is 3.40. The lowest BCUT2D eigenvalue weighted by Crippen LogP contribution is -2.53. The first-order chi connectivity index (χ1) is 12.3. The third-order valence-corrected chi connectivity index (χ3v) is 5.52. The lowest BCUT2D eigenvalue weighted by atomic mass is 9.90. The number of nitrogens with one attached hydrogen (secondary N) is 1. The number of benzene rings is 1. The van der Waals surface area contributed by atoms with E-state index in [9.17, 15) is 14.4 Å². The second kappa shape index (κ2) is 9.14. The summed E-state index contributed by atoms with van der Waals surface area (Å²) in [4.78, 5) is 14.8. The fourth-order valence-corrected chi connectivity index (χ4v) is 3.40. The minimum Gasteiger partial charge on any atom is -0.337 e. The highest BCUT2D eigenvalue weighted by Crippen LogP contribution is 2.24. The molecule has 1 aliphatic rings. The molecule has 1 aromatic rings. The van der Waals surface area contributed by atoms with Crippen molar-refractivity contribution in [1.82, 2.24) is 10.2 Å². The van der Waals surface area contributed by atoms with E-state index in [0.29, 0.717) is 12.6 Å². The van der Waals surface area contributed by atoms with Gasteiger partial charge in [-0.2, -0.15) is 5.26 Å². The van der Waals surface area contributed by atoms with Gasteiger partial charge in [0.05, 0.1) is 12.6 Å². The van der Waals surface area contributed by atoms with Crippen LogP contribution in [0.25, 0.3) is 0 Å². The van der Waals surface area contributed by atoms with E-state index in [1.54, 1.807) is 19.1 Å². The molecule has 1 fully saturated rings. The van der Waals surface area contributed by atoms with E-state index in [2.05, 4.69) is 16.3 Å². The molecule has 26 heavy (non-hydrogen) atoms. The molecule has 0 bridgehead atoms. The number of carbonyl (C=O) groups excluding carboxylic acids is 1. The molecule has 1 aliphatic carbocycles. The van der Waals surface area contributed by atoms with Gasteiger partial charge in [0, 0.05) is 12.6 Å². The van der Waals surface area contributed by atoms with Crippen molar-refractivity contribution in [3.63, 3.8) is 0 Å². The van der Waals surface area contributed by atoms with Crippen LogP contribution in [-0.2, 0) is 11.3 Å². The second-order valence-corrected chi connectivity index (χ2v) is 7.84. The quantitative estimate of drug-likeness (QED) is 0.800. The van der Waals surface area contributed by atoms with Gasteiger partial charge in [-0.3, -0.25) is 9.69 Å². The van der Waals surface area contributed by atoms with Crippen molar-refractivity contribution in [1.29, 1.82) is 5.26 Å². The van der Waals surface area contributed by atoms with Crippen LogP contribution in [0.3, 0.4) is 0 Å². The number of carbonyl (C=O) groups is 1. The Hall–Kier alpha value is -1.93. The molecule has 0 heterocycles. The zero-order valence-corrected chi connectivity index (χ0v) is 16.1. The lowest BCUT2D eigenvalue weighted by Gasteiger charge is -2.35. The summed E-state index contributed by atoms with van der Waals surface area (Å²) in [7, 11) is 0. The number of halogens is 1. The zero-order chi connectivity index (χ0) is 19.2. The van der Waals surface area contributed by atoms with Crippen molar-refractivity contribution in [2.75, 3.05) is 6.54 Å². The van der Waals surface area contributed by atoms with Crippen molar-refractivity contribution in [2.24, 2.45) is 5.92 Å². The maximum absolute atomic E-state index is 13.2. The van der Waals surface area contributed by atoms with Gasteiger partial charge in [-0.25, -0.2) is 4.39 Å². The predicted molar refractivity (Wildman–Crippen MR) is 101 cm³/mol. The monoisotopic (exact) mass is 359 g/mol. The van der Waals surface area contributed by atoms with E-state index < -0.39 is 5.54 Å². The Morgan fingerprint density at radius 1 is 1.31 bits per heavy atom. The Balaban J connectivity index is 2.09. The van der Waals surface area contributed by atoms with Crippen LogP contribution in [0.2, 0.25) is 0 Å². The minimum absolute atomic E-state index is 0.0247. The van der Waals surface area contributed by atoms with E-state index in [0.717, 1.165) is 18.4 Å². The maximum atomic E-state index is 13.2. The highest BCUT2D eigenvalue weighted by Gasteiger charge is 2.31. The van der Waals surface area contributed by atoms with Crippen LogP contribution in [0.4, 0.5) is 4.39 Å². The average molecular weight is 359 g/mol. The summed E-state index contributed by atoms with van der Waals surface area (Å²) < 4.78 is 13.2. The molecular formula is C21H30FN3O. The first kappa shape index (κ1) is 20.4. The molecule has 1 saturated carbocycles. The molecule has 0 radical (unpaired) electrons. The lowest BCUT2D eigenvalue weighted by molar-refractivity contribution is -0.124. The third-order valence-electron chi connectivity index (χ3n) is 5.52. The summed E-state index contributed by atoms with van der Waals surface area (Å²) in [5, 5.41) is 12.3. The van der Waals surface area contributed by atoms with Gasteiger partial charge in [0.1, 0.15) is 11.4 Å². The summed E-state index contributed by atoms with van der Waals surface area (Å²) in [5.74, 6) is -0.357. The average Bonchev–Trinajstić information content (AvgIpc) is 2.63. The van der Waals surface area contributed by atoms with Crippen LogP contribution >= 0.6 is 0 Å². The standard InChI is InChI=1S/C21H30FN3O/c1-16(2)21(3,15-23)24-20(26)14-25(19-7-5-4-6-8-19)13-17-9-11-18(22)12-10-17/h9-12,16,19H,4-8,13-14H2,1-3H3,(H,24,26)/t21-/m0/s1. The first-order valence-corrected chi connectivity index (χ1v) is 9.55. The topological polar surface area (TPSA) is 56.1 Å². The molecule has 0 spiro atoms. The Labute approximate surface area is 156 Å². The minimum atomic E-state index is -0.870. The zero-order valence-electron chi connectivity index (χ0n) is 16.1. The van der Waals surface area contributed by atoms with Gasteiger partial charge >= 0.3 is 0 Å². The molecule has 1 aromatic carbocycles. The predicted octanol–water partition coefficient (Wildman–Crippen LogP) is 4.01. The summed E-state index contributed by atoms with van der Waals surface area (Å²) in [6, 6.07) is 9.04. The SMILES string of the molecule is CC(C)[C@](C)(C#N)NC(=O)CN(Cc1ccc(F)cc1)C1CCCCC1. The molecular weight excluding hydrogens is 329 g/mol. The normalized spacial score (nSPS) is 17.7. The van der Waals surface area contributed by atoms with Crippen LogP contribution in [0, 0.1) is 23.1 Å². The fraction of sp³-hybridized carbons (Fsp3) is 0.619. The van der Waals surface area contributed by atoms with Gasteiger partial charge in [0.15, 0.2) is 0 Å². The van der Waals surface area contributed by atoms with Crippen LogP contribution in [0.5, 0.6) is 0 Å². The van der Waals surface area contributed by atoms with Gasteiger partial charge in [0.25, 0.3) is 0 Å². The molecule has 142 valence electrons. The number of rotatable bonds is 7. The van der Waals surface area contributed by atoms with Crippen molar-refractivity contribution in [3.05, 3.63) is 35.6 Å². The Bertz CT molecular complexity index is 632. The third kappa shape index (κ3) is 5.54. The second-order valence-electron chi connectivity index (χ2n) is 7.84. The van der Waals surface area contributed by atoms with E-state index in [1.807, 2.05) is 13.8 Å². The molecule has 5 heteroatoms. The van der Waals surface area contributed by atoms with Crippen molar-refractivity contribution in [3.8, 4) is 6.07 Å². The highest BCUT2D eigenvalue weighted by atomic mass is 19.1. The largest absolute Gasteiger partial charge is 0.337 e. The van der Waals surface area contributed by atoms with Crippen molar-refractivity contribution >= 4 is 5.91 Å². The van der Waals surface area contributed by atoms with Gasteiger partial charge in [-0.1, -0.05) is 45.2 Å². The van der Waals surface area contributed by atoms with Crippen LogP contribution < -0.4 is 5.32 Å². The summed E-state index contributed by atoms with van der Waals surface area (Å²) in [6.07, 6.45) is 5.75. The summed E-state index contributed by atoms with van der Waals surface area (Å²) in [6.45, 7) is 6.50. The molecule has 0 saturated heterocycles. The Morgan fingerprint density at radius 3 is 2.46 bits per heavy atom.